The Morgan fingerprint density at radius 1 is 0.944 bits per heavy atom. The Balaban J connectivity index is 5.10. The van der Waals surface area contributed by atoms with E-state index in [4.69, 9.17) is 0 Å². The van der Waals surface area contributed by atoms with Gasteiger partial charge in [0.15, 0.2) is 5.78 Å². The lowest BCUT2D eigenvalue weighted by molar-refractivity contribution is -0.155. The van der Waals surface area contributed by atoms with Crippen LogP contribution in [0.5, 0.6) is 0 Å². The molecule has 0 aromatic rings. The molecule has 0 spiro atoms. The third-order valence-corrected chi connectivity index (χ3v) is 2.46. The molecule has 0 aliphatic heterocycles. The highest BCUT2D eigenvalue weighted by molar-refractivity contribution is 6.08. The quantitative estimate of drug-likeness (QED) is 0.371. The predicted octanol–water partition coefficient (Wildman–Crippen LogP) is 1.29. The monoisotopic (exact) mass is 254 g/mol. The molecule has 2 unspecified atom stereocenters. The highest BCUT2D eigenvalue weighted by atomic mass is 16.5. The van der Waals surface area contributed by atoms with E-state index >= 15 is 0 Å². The van der Waals surface area contributed by atoms with Gasteiger partial charge in [-0.05, 0) is 12.8 Å². The van der Waals surface area contributed by atoms with Crippen LogP contribution in [-0.4, -0.2) is 31.9 Å². The van der Waals surface area contributed by atoms with Crippen LogP contribution in [0.3, 0.4) is 0 Å². The fraction of sp³-hybridized carbons (Fsp3) is 0.462. The van der Waals surface area contributed by atoms with Crippen LogP contribution in [0.2, 0.25) is 0 Å². The number of ether oxygens (including phenoxy) is 2. The maximum absolute atomic E-state index is 12.1. The Hall–Kier alpha value is -1.91. The van der Waals surface area contributed by atoms with Crippen molar-refractivity contribution >= 4 is 17.7 Å². The van der Waals surface area contributed by atoms with E-state index in [-0.39, 0.29) is 12.8 Å². The summed E-state index contributed by atoms with van der Waals surface area (Å²) in [6.45, 7) is 6.95. The molecule has 0 aliphatic rings. The summed E-state index contributed by atoms with van der Waals surface area (Å²) in [5.74, 6) is -3.96. The van der Waals surface area contributed by atoms with Gasteiger partial charge in [0.25, 0.3) is 0 Å². The number of allylic oxidation sites excluding steroid dienone is 2. The average molecular weight is 254 g/mol. The number of carbonyl (C=O) groups excluding carboxylic acids is 3. The van der Waals surface area contributed by atoms with Crippen molar-refractivity contribution < 1.29 is 23.9 Å². The summed E-state index contributed by atoms with van der Waals surface area (Å²) in [5.41, 5.74) is 0. The Bertz CT molecular complexity index is 313. The van der Waals surface area contributed by atoms with E-state index in [2.05, 4.69) is 22.6 Å². The molecular formula is C13H18O5. The molecule has 2 atom stereocenters. The van der Waals surface area contributed by atoms with Gasteiger partial charge in [0.2, 0.25) is 0 Å². The number of methoxy groups -OCH3 is 2. The Labute approximate surface area is 106 Å². The van der Waals surface area contributed by atoms with Gasteiger partial charge in [0.1, 0.15) is 11.8 Å². The van der Waals surface area contributed by atoms with Gasteiger partial charge in [0.05, 0.1) is 14.2 Å². The van der Waals surface area contributed by atoms with Gasteiger partial charge in [-0.15, -0.1) is 13.2 Å². The van der Waals surface area contributed by atoms with Crippen molar-refractivity contribution in [1.82, 2.24) is 0 Å². The molecule has 100 valence electrons. The minimum atomic E-state index is -1.03. The zero-order valence-electron chi connectivity index (χ0n) is 10.7. The lowest BCUT2D eigenvalue weighted by Gasteiger charge is -2.17. The summed E-state index contributed by atoms with van der Waals surface area (Å²) in [5, 5.41) is 0. The Morgan fingerprint density at radius 2 is 1.28 bits per heavy atom. The molecule has 0 heterocycles. The summed E-state index contributed by atoms with van der Waals surface area (Å²) in [6.07, 6.45) is 3.11. The van der Waals surface area contributed by atoms with Crippen molar-refractivity contribution in [2.24, 2.45) is 11.8 Å². The van der Waals surface area contributed by atoms with Crippen molar-refractivity contribution in [1.29, 1.82) is 0 Å². The SMILES string of the molecule is C=CCC(C(=O)OC)C(=O)C(CC=C)C(=O)OC. The summed E-state index contributed by atoms with van der Waals surface area (Å²) in [7, 11) is 2.37. The minimum Gasteiger partial charge on any atom is -0.468 e. The van der Waals surface area contributed by atoms with E-state index < -0.39 is 29.6 Å². The molecule has 0 N–H and O–H groups in total. The summed E-state index contributed by atoms with van der Waals surface area (Å²) >= 11 is 0. The van der Waals surface area contributed by atoms with Crippen LogP contribution in [-0.2, 0) is 23.9 Å². The van der Waals surface area contributed by atoms with Gasteiger partial charge >= 0.3 is 11.9 Å². The average Bonchev–Trinajstić information content (AvgIpc) is 2.39. The number of hydrogen-bond acceptors (Lipinski definition) is 5. The van der Waals surface area contributed by atoms with Gasteiger partial charge in [-0.1, -0.05) is 12.2 Å². The van der Waals surface area contributed by atoms with Gasteiger partial charge in [0, 0.05) is 0 Å². The first-order valence-electron chi connectivity index (χ1n) is 5.44. The van der Waals surface area contributed by atoms with Crippen molar-refractivity contribution in [3.8, 4) is 0 Å². The van der Waals surface area contributed by atoms with E-state index in [9.17, 15) is 14.4 Å². The lowest BCUT2D eigenvalue weighted by atomic mass is 9.88. The molecule has 0 amide bonds. The second-order valence-electron chi connectivity index (χ2n) is 3.60. The van der Waals surface area contributed by atoms with Crippen molar-refractivity contribution in [3.05, 3.63) is 25.3 Å². The third-order valence-electron chi connectivity index (χ3n) is 2.46. The Morgan fingerprint density at radius 3 is 1.50 bits per heavy atom. The summed E-state index contributed by atoms with van der Waals surface area (Å²) in [4.78, 5) is 35.1. The summed E-state index contributed by atoms with van der Waals surface area (Å²) in [6, 6.07) is 0. The molecule has 0 aromatic carbocycles. The van der Waals surface area contributed by atoms with Crippen LogP contribution in [0.4, 0.5) is 0 Å². The highest BCUT2D eigenvalue weighted by Gasteiger charge is 2.36. The molecule has 0 bridgehead atoms. The van der Waals surface area contributed by atoms with E-state index in [1.54, 1.807) is 0 Å². The maximum Gasteiger partial charge on any atom is 0.316 e. The van der Waals surface area contributed by atoms with Crippen LogP contribution in [0, 0.1) is 11.8 Å². The van der Waals surface area contributed by atoms with E-state index in [1.165, 1.54) is 26.4 Å². The fourth-order valence-corrected chi connectivity index (χ4v) is 1.52. The van der Waals surface area contributed by atoms with Crippen molar-refractivity contribution in [2.75, 3.05) is 14.2 Å². The standard InChI is InChI=1S/C13H18O5/c1-5-7-9(12(15)17-3)11(14)10(8-6-2)13(16)18-4/h5-6,9-10H,1-2,7-8H2,3-4H3. The van der Waals surface area contributed by atoms with Crippen molar-refractivity contribution in [2.45, 2.75) is 12.8 Å². The molecule has 0 aliphatic carbocycles. The molecule has 18 heavy (non-hydrogen) atoms. The van der Waals surface area contributed by atoms with E-state index in [0.717, 1.165) is 0 Å². The van der Waals surface area contributed by atoms with E-state index in [0.29, 0.717) is 0 Å². The molecule has 0 saturated carbocycles. The number of Topliss-reactive ketones (excluding diaryl/α,β-unsaturated/α-hetero) is 1. The fourth-order valence-electron chi connectivity index (χ4n) is 1.52. The minimum absolute atomic E-state index is 0.121. The molecular weight excluding hydrogens is 236 g/mol. The van der Waals surface area contributed by atoms with Gasteiger partial charge in [-0.2, -0.15) is 0 Å². The van der Waals surface area contributed by atoms with Crippen LogP contribution in [0.1, 0.15) is 12.8 Å². The number of esters is 2. The van der Waals surface area contributed by atoms with Crippen LogP contribution in [0.15, 0.2) is 25.3 Å². The predicted molar refractivity (Wildman–Crippen MR) is 65.6 cm³/mol. The van der Waals surface area contributed by atoms with Gasteiger partial charge in [-0.3, -0.25) is 14.4 Å². The first kappa shape index (κ1) is 16.1. The number of ketones is 1. The highest BCUT2D eigenvalue weighted by Crippen LogP contribution is 2.18. The summed E-state index contributed by atoms with van der Waals surface area (Å²) < 4.78 is 9.08. The molecule has 5 nitrogen and oxygen atoms in total. The smallest absolute Gasteiger partial charge is 0.316 e. The lowest BCUT2D eigenvalue weighted by Crippen LogP contribution is -2.35. The molecule has 0 rings (SSSR count). The van der Waals surface area contributed by atoms with Crippen molar-refractivity contribution in [3.63, 3.8) is 0 Å². The van der Waals surface area contributed by atoms with Crippen LogP contribution < -0.4 is 0 Å². The zero-order valence-corrected chi connectivity index (χ0v) is 10.7. The van der Waals surface area contributed by atoms with Crippen LogP contribution >= 0.6 is 0 Å². The number of rotatable bonds is 8. The third kappa shape index (κ3) is 4.16. The first-order valence-corrected chi connectivity index (χ1v) is 5.44. The molecule has 0 fully saturated rings. The zero-order chi connectivity index (χ0) is 14.1. The Kier molecular flexibility index (Phi) is 7.35. The van der Waals surface area contributed by atoms with E-state index in [1.807, 2.05) is 0 Å². The second kappa shape index (κ2) is 8.22. The largest absolute Gasteiger partial charge is 0.468 e. The molecule has 0 radical (unpaired) electrons. The maximum atomic E-state index is 12.1. The number of hydrogen-bond donors (Lipinski definition) is 0. The normalized spacial score (nSPS) is 13.0. The molecule has 5 heteroatoms. The van der Waals surface area contributed by atoms with Crippen LogP contribution in [0.25, 0.3) is 0 Å². The molecule has 0 aromatic heterocycles. The van der Waals surface area contributed by atoms with Gasteiger partial charge < -0.3 is 9.47 Å². The first-order chi connectivity index (χ1) is 8.53. The van der Waals surface area contributed by atoms with Gasteiger partial charge in [-0.25, -0.2) is 0 Å². The number of carbonyl (C=O) groups is 3. The topological polar surface area (TPSA) is 69.7 Å². The second-order valence-corrected chi connectivity index (χ2v) is 3.60. The molecule has 0 saturated heterocycles.